The minimum absolute atomic E-state index is 0.208. The lowest BCUT2D eigenvalue weighted by Gasteiger charge is -2.41. The SMILES string of the molecule is C=CCOC1(C)CCN(c2c(C(OC(C)(C)C)C(=O)O)c(C)nc3cc(-c4cc(-c5ccccc5O[C@@H](C)CC=C)cc(C(F)(F)F)c4)nn23)CC1. The summed E-state index contributed by atoms with van der Waals surface area (Å²) in [5.74, 6) is -0.304. The van der Waals surface area contributed by atoms with E-state index in [1.807, 2.05) is 18.7 Å². The van der Waals surface area contributed by atoms with Gasteiger partial charge in [-0.05, 0) is 84.2 Å². The predicted molar refractivity (Wildman–Crippen MR) is 196 cm³/mol. The molecule has 9 nitrogen and oxygen atoms in total. The maximum absolute atomic E-state index is 14.5. The molecule has 2 aromatic carbocycles. The number of nitrogens with zero attached hydrogens (tertiary/aromatic N) is 4. The predicted octanol–water partition coefficient (Wildman–Crippen LogP) is 9.24. The lowest BCUT2D eigenvalue weighted by Crippen LogP contribution is -2.45. The third kappa shape index (κ3) is 8.67. The van der Waals surface area contributed by atoms with E-state index in [-0.39, 0.29) is 17.4 Å². The van der Waals surface area contributed by atoms with E-state index in [9.17, 15) is 23.1 Å². The number of carboxylic acid groups (broad SMARTS) is 1. The lowest BCUT2D eigenvalue weighted by molar-refractivity contribution is -0.160. The van der Waals surface area contributed by atoms with E-state index in [0.717, 1.165) is 12.1 Å². The topological polar surface area (TPSA) is 98.4 Å². The summed E-state index contributed by atoms with van der Waals surface area (Å²) in [6.07, 6.45) is -1.07. The molecule has 0 spiro atoms. The highest BCUT2D eigenvalue weighted by Crippen LogP contribution is 2.41. The van der Waals surface area contributed by atoms with E-state index in [0.29, 0.717) is 78.6 Å². The second-order valence-electron chi connectivity index (χ2n) is 14.5. The van der Waals surface area contributed by atoms with Crippen LogP contribution in [0, 0.1) is 6.92 Å². The molecule has 1 aliphatic rings. The molecule has 5 rings (SSSR count). The Morgan fingerprint density at radius 3 is 2.35 bits per heavy atom. The van der Waals surface area contributed by atoms with Crippen LogP contribution in [0.2, 0.25) is 0 Å². The van der Waals surface area contributed by atoms with Crippen molar-refractivity contribution in [3.05, 3.63) is 90.7 Å². The fourth-order valence-electron chi connectivity index (χ4n) is 6.45. The number of aryl methyl sites for hydroxylation is 1. The summed E-state index contributed by atoms with van der Waals surface area (Å²) in [6.45, 7) is 19.8. The molecular formula is C40H47F3N4O5. The number of aromatic nitrogens is 3. The Morgan fingerprint density at radius 1 is 1.06 bits per heavy atom. The van der Waals surface area contributed by atoms with Gasteiger partial charge in [-0.25, -0.2) is 9.78 Å². The van der Waals surface area contributed by atoms with Crippen LogP contribution in [0.5, 0.6) is 5.75 Å². The number of para-hydroxylation sites is 1. The van der Waals surface area contributed by atoms with Crippen molar-refractivity contribution in [2.45, 2.75) is 90.4 Å². The zero-order chi connectivity index (χ0) is 38.0. The summed E-state index contributed by atoms with van der Waals surface area (Å²) < 4.78 is 63.3. The molecule has 2 atom stereocenters. The Balaban J connectivity index is 1.70. The molecule has 4 aromatic rings. The molecular weight excluding hydrogens is 673 g/mol. The minimum atomic E-state index is -4.66. The van der Waals surface area contributed by atoms with Crippen molar-refractivity contribution in [3.8, 4) is 28.1 Å². The number of benzene rings is 2. The first kappa shape index (κ1) is 38.5. The highest BCUT2D eigenvalue weighted by atomic mass is 19.4. The number of hydrogen-bond donors (Lipinski definition) is 1. The number of carboxylic acids is 1. The standard InChI is InChI=1S/C40H47F3N4O5/c1-9-13-25(3)51-32-15-12-11-14-30(32)27-21-28(23-29(22-27)40(41,42)43)31-24-33-44-26(4)34(35(37(48)49)52-38(5,6)7)36(47(33)45-31)46-18-16-39(8,17-19-46)50-20-10-2/h9-12,14-15,21-25,35H,1-2,13,16-20H2,3-8H3,(H,48,49)/t25-,35?/m0/s1. The second kappa shape index (κ2) is 15.1. The van der Waals surface area contributed by atoms with Gasteiger partial charge < -0.3 is 24.2 Å². The van der Waals surface area contributed by atoms with Crippen molar-refractivity contribution < 1.29 is 37.3 Å². The van der Waals surface area contributed by atoms with Gasteiger partial charge in [0.2, 0.25) is 0 Å². The molecule has 0 aliphatic carbocycles. The third-order valence-corrected chi connectivity index (χ3v) is 9.01. The van der Waals surface area contributed by atoms with E-state index < -0.39 is 35.0 Å². The largest absolute Gasteiger partial charge is 0.490 e. The fraction of sp³-hybridized carbons (Fsp3) is 0.425. The summed E-state index contributed by atoms with van der Waals surface area (Å²) in [5.41, 5.74) is 0.212. The molecule has 0 bridgehead atoms. The van der Waals surface area contributed by atoms with Crippen molar-refractivity contribution >= 4 is 17.4 Å². The number of aliphatic carboxylic acids is 1. The molecule has 0 amide bonds. The van der Waals surface area contributed by atoms with Gasteiger partial charge in [0.15, 0.2) is 11.8 Å². The number of piperidine rings is 1. The molecule has 3 heterocycles. The van der Waals surface area contributed by atoms with E-state index in [1.54, 1.807) is 76.2 Å². The monoisotopic (exact) mass is 720 g/mol. The molecule has 1 fully saturated rings. The number of hydrogen-bond acceptors (Lipinski definition) is 7. The Morgan fingerprint density at radius 2 is 1.73 bits per heavy atom. The molecule has 0 radical (unpaired) electrons. The Hall–Kier alpha value is -4.68. The number of halogens is 3. The first-order chi connectivity index (χ1) is 24.4. The summed E-state index contributed by atoms with van der Waals surface area (Å²) in [4.78, 5) is 19.6. The third-order valence-electron chi connectivity index (χ3n) is 9.01. The summed E-state index contributed by atoms with van der Waals surface area (Å²) in [7, 11) is 0. The summed E-state index contributed by atoms with van der Waals surface area (Å²) in [6, 6.07) is 12.4. The van der Waals surface area contributed by atoms with Crippen molar-refractivity contribution in [2.24, 2.45) is 0 Å². The number of alkyl halides is 3. The maximum atomic E-state index is 14.5. The highest BCUT2D eigenvalue weighted by molar-refractivity contribution is 5.80. The first-order valence-electron chi connectivity index (χ1n) is 17.3. The molecule has 0 saturated carbocycles. The molecule has 52 heavy (non-hydrogen) atoms. The number of rotatable bonds is 13. The highest BCUT2D eigenvalue weighted by Gasteiger charge is 2.38. The van der Waals surface area contributed by atoms with E-state index >= 15 is 0 Å². The van der Waals surface area contributed by atoms with Gasteiger partial charge in [-0.1, -0.05) is 30.4 Å². The van der Waals surface area contributed by atoms with Crippen LogP contribution < -0.4 is 9.64 Å². The quantitative estimate of drug-likeness (QED) is 0.137. The van der Waals surface area contributed by atoms with Gasteiger partial charge in [-0.2, -0.15) is 22.8 Å². The van der Waals surface area contributed by atoms with Crippen LogP contribution in [0.1, 0.15) is 76.8 Å². The van der Waals surface area contributed by atoms with E-state index in [4.69, 9.17) is 24.3 Å². The second-order valence-corrected chi connectivity index (χ2v) is 14.5. The van der Waals surface area contributed by atoms with Crippen LogP contribution in [0.25, 0.3) is 28.0 Å². The molecule has 1 aliphatic heterocycles. The minimum Gasteiger partial charge on any atom is -0.490 e. The fourth-order valence-corrected chi connectivity index (χ4v) is 6.45. The lowest BCUT2D eigenvalue weighted by atomic mass is 9.92. The maximum Gasteiger partial charge on any atom is 0.416 e. The van der Waals surface area contributed by atoms with Crippen molar-refractivity contribution in [3.63, 3.8) is 0 Å². The van der Waals surface area contributed by atoms with Crippen LogP contribution >= 0.6 is 0 Å². The van der Waals surface area contributed by atoms with Crippen molar-refractivity contribution in [1.29, 1.82) is 0 Å². The molecule has 12 heteroatoms. The number of anilines is 1. The van der Waals surface area contributed by atoms with Gasteiger partial charge in [-0.3, -0.25) is 0 Å². The molecule has 1 N–H and O–H groups in total. The van der Waals surface area contributed by atoms with Crippen molar-refractivity contribution in [1.82, 2.24) is 14.6 Å². The average Bonchev–Trinajstić information content (AvgIpc) is 3.49. The zero-order valence-electron chi connectivity index (χ0n) is 30.6. The van der Waals surface area contributed by atoms with E-state index in [2.05, 4.69) is 13.2 Å². The average molecular weight is 721 g/mol. The summed E-state index contributed by atoms with van der Waals surface area (Å²) in [5, 5.41) is 15.3. The Kier molecular flexibility index (Phi) is 11.2. The molecule has 2 aromatic heterocycles. The van der Waals surface area contributed by atoms with Gasteiger partial charge in [0.1, 0.15) is 11.6 Å². The normalized spacial score (nSPS) is 16.1. The Labute approximate surface area is 302 Å². The molecule has 1 unspecified atom stereocenters. The molecule has 278 valence electrons. The van der Waals surface area contributed by atoms with Gasteiger partial charge in [-0.15, -0.1) is 13.2 Å². The van der Waals surface area contributed by atoms with Gasteiger partial charge >= 0.3 is 12.1 Å². The van der Waals surface area contributed by atoms with Crippen LogP contribution in [-0.2, 0) is 20.4 Å². The first-order valence-corrected chi connectivity index (χ1v) is 17.3. The van der Waals surface area contributed by atoms with Crippen LogP contribution in [0.15, 0.2) is 73.8 Å². The van der Waals surface area contributed by atoms with E-state index in [1.165, 1.54) is 4.52 Å². The smallest absolute Gasteiger partial charge is 0.416 e. The zero-order valence-corrected chi connectivity index (χ0v) is 30.6. The van der Waals surface area contributed by atoms with Gasteiger partial charge in [0.05, 0.1) is 40.7 Å². The van der Waals surface area contributed by atoms with Crippen LogP contribution in [-0.4, -0.2) is 62.7 Å². The summed E-state index contributed by atoms with van der Waals surface area (Å²) >= 11 is 0. The molecule has 1 saturated heterocycles. The van der Waals surface area contributed by atoms with Crippen molar-refractivity contribution in [2.75, 3.05) is 24.6 Å². The van der Waals surface area contributed by atoms with Crippen LogP contribution in [0.4, 0.5) is 19.0 Å². The van der Waals surface area contributed by atoms with Crippen LogP contribution in [0.3, 0.4) is 0 Å². The van der Waals surface area contributed by atoms with Gasteiger partial charge in [0, 0.05) is 42.4 Å². The van der Waals surface area contributed by atoms with Gasteiger partial charge in [0.25, 0.3) is 0 Å². The number of ether oxygens (including phenoxy) is 3. The number of fused-ring (bicyclic) bond motifs is 1. The Bertz CT molecular complexity index is 1940. The number of carbonyl (C=O) groups is 1.